The van der Waals surface area contributed by atoms with Crippen LogP contribution in [-0.4, -0.2) is 6.71 Å². The summed E-state index contributed by atoms with van der Waals surface area (Å²) in [4.78, 5) is 7.84. The van der Waals surface area contributed by atoms with E-state index in [1.807, 2.05) is 0 Å². The van der Waals surface area contributed by atoms with E-state index in [-0.39, 0.29) is 39.2 Å². The first-order valence-corrected chi connectivity index (χ1v) is 28.4. The fourth-order valence-corrected chi connectivity index (χ4v) is 14.6. The molecule has 0 spiro atoms. The Balaban J connectivity index is 1.14. The van der Waals surface area contributed by atoms with Gasteiger partial charge in [0.15, 0.2) is 0 Å². The van der Waals surface area contributed by atoms with E-state index < -0.39 is 0 Å². The first-order chi connectivity index (χ1) is 36.0. The average molecular weight is 994 g/mol. The van der Waals surface area contributed by atoms with Crippen LogP contribution in [0, 0.1) is 6.92 Å². The maximum atomic E-state index is 2.71. The zero-order valence-electron chi connectivity index (χ0n) is 47.8. The van der Waals surface area contributed by atoms with Crippen LogP contribution in [0.25, 0.3) is 11.1 Å². The molecular weight excluding hydrogens is 918 g/mol. The number of fused-ring (bicyclic) bond motifs is 9. The molecule has 4 heteroatoms. The minimum Gasteiger partial charge on any atom is -0.311 e. The number of benzene rings is 8. The summed E-state index contributed by atoms with van der Waals surface area (Å²) in [6.07, 6.45) is 4.69. The number of anilines is 9. The number of hydrogen-bond donors (Lipinski definition) is 0. The van der Waals surface area contributed by atoms with Crippen molar-refractivity contribution in [3.05, 3.63) is 202 Å². The van der Waals surface area contributed by atoms with Gasteiger partial charge >= 0.3 is 0 Å². The van der Waals surface area contributed by atoms with Crippen LogP contribution in [-0.2, 0) is 32.5 Å². The van der Waals surface area contributed by atoms with Crippen LogP contribution in [0.4, 0.5) is 51.2 Å². The highest BCUT2D eigenvalue weighted by molar-refractivity contribution is 7.00. The highest BCUT2D eigenvalue weighted by atomic mass is 15.2. The van der Waals surface area contributed by atoms with Crippen molar-refractivity contribution in [2.75, 3.05) is 14.7 Å². The van der Waals surface area contributed by atoms with Gasteiger partial charge < -0.3 is 14.7 Å². The number of rotatable bonds is 5. The zero-order chi connectivity index (χ0) is 53.2. The summed E-state index contributed by atoms with van der Waals surface area (Å²) in [7, 11) is 0. The van der Waals surface area contributed by atoms with Gasteiger partial charge in [-0.1, -0.05) is 175 Å². The molecule has 3 aliphatic carbocycles. The Labute approximate surface area is 455 Å². The monoisotopic (exact) mass is 994 g/mol. The van der Waals surface area contributed by atoms with Gasteiger partial charge in [-0.05, 0) is 199 Å². The van der Waals surface area contributed by atoms with Crippen LogP contribution in [0.5, 0.6) is 0 Å². The third-order valence-corrected chi connectivity index (χ3v) is 19.3. The smallest absolute Gasteiger partial charge is 0.252 e. The molecule has 0 aromatic heterocycles. The summed E-state index contributed by atoms with van der Waals surface area (Å²) in [5, 5.41) is 0. The standard InChI is InChI=1S/C72H76BN3/c1-45-38-63-66-64(39-45)76(60-27-21-26-53-65(60)51-31-28-46(67(2,3)4)40-54(51)72(53,13)14)61-42-50(74(47-22-17-15-18-23-47)48-24-19-16-20-25-48)30-33-58(61)73(66)59-43-56-57(71(11,12)37-36-70(56,9)10)44-62(59)75(63)49-29-32-52-55(41-49)69(7,8)35-34-68(52,5)6/h15-33,38-44H,34-37H2,1-14H3. The SMILES string of the molecule is Cc1cc2c3c(c1)N(c1cccc4c1-c1ccc(C(C)(C)C)cc1C4(C)C)c1cc(N(c4ccccc4)c4ccccc4)ccc1B3c1cc3c(cc1N2c1ccc2c(c1)C(C)(C)CCC2(C)C)C(C)(C)CCC3(C)C. The number of aryl methyl sites for hydroxylation is 1. The lowest BCUT2D eigenvalue weighted by Crippen LogP contribution is -2.62. The summed E-state index contributed by atoms with van der Waals surface area (Å²) in [6.45, 7) is 34.0. The predicted octanol–water partition coefficient (Wildman–Crippen LogP) is 17.8. The average Bonchev–Trinajstić information content (AvgIpc) is 3.76. The summed E-state index contributed by atoms with van der Waals surface area (Å²) < 4.78 is 0. The Hall–Kier alpha value is -6.78. The van der Waals surface area contributed by atoms with Crippen LogP contribution in [0.15, 0.2) is 158 Å². The van der Waals surface area contributed by atoms with Gasteiger partial charge in [-0.15, -0.1) is 0 Å². The lowest BCUT2D eigenvalue weighted by atomic mass is 9.33. The Kier molecular flexibility index (Phi) is 10.5. The van der Waals surface area contributed by atoms with Gasteiger partial charge in [0.1, 0.15) is 0 Å². The maximum Gasteiger partial charge on any atom is 0.252 e. The fraction of sp³-hybridized carbons (Fsp3) is 0.333. The van der Waals surface area contributed by atoms with Crippen molar-refractivity contribution in [2.45, 2.75) is 155 Å². The molecule has 0 fully saturated rings. The molecule has 8 aromatic rings. The van der Waals surface area contributed by atoms with Gasteiger partial charge in [-0.3, -0.25) is 0 Å². The second-order valence-electron chi connectivity index (χ2n) is 27.6. The van der Waals surface area contributed by atoms with Gasteiger partial charge in [0.2, 0.25) is 0 Å². The minimum atomic E-state index is -0.196. The molecule has 0 radical (unpaired) electrons. The summed E-state index contributed by atoms with van der Waals surface area (Å²) >= 11 is 0. The molecule has 0 N–H and O–H groups in total. The van der Waals surface area contributed by atoms with Gasteiger partial charge in [0.05, 0.1) is 5.69 Å². The van der Waals surface area contributed by atoms with E-state index in [9.17, 15) is 0 Å². The van der Waals surface area contributed by atoms with Crippen LogP contribution >= 0.6 is 0 Å². The molecule has 0 bridgehead atoms. The van der Waals surface area contributed by atoms with E-state index in [1.165, 1.54) is 119 Å². The topological polar surface area (TPSA) is 9.72 Å². The van der Waals surface area contributed by atoms with Crippen molar-refractivity contribution in [1.82, 2.24) is 0 Å². The van der Waals surface area contributed by atoms with Crippen molar-refractivity contribution < 1.29 is 0 Å². The van der Waals surface area contributed by atoms with E-state index in [4.69, 9.17) is 0 Å². The molecule has 8 aromatic carbocycles. The van der Waals surface area contributed by atoms with E-state index in [0.717, 1.165) is 29.9 Å². The summed E-state index contributed by atoms with van der Waals surface area (Å²) in [5.74, 6) is 0. The molecule has 382 valence electrons. The van der Waals surface area contributed by atoms with Crippen molar-refractivity contribution >= 4 is 74.3 Å². The second-order valence-corrected chi connectivity index (χ2v) is 27.6. The summed E-state index contributed by atoms with van der Waals surface area (Å²) in [6, 6.07) is 61.7. The van der Waals surface area contributed by atoms with Crippen molar-refractivity contribution in [3.8, 4) is 11.1 Å². The third kappa shape index (κ3) is 7.21. The lowest BCUT2D eigenvalue weighted by Gasteiger charge is -2.48. The van der Waals surface area contributed by atoms with Gasteiger partial charge in [-0.25, -0.2) is 0 Å². The Morgan fingerprint density at radius 3 is 1.61 bits per heavy atom. The molecule has 5 aliphatic rings. The molecule has 0 amide bonds. The Bertz CT molecular complexity index is 3660. The largest absolute Gasteiger partial charge is 0.311 e. The minimum absolute atomic E-state index is 0.0203. The second kappa shape index (κ2) is 16.4. The maximum absolute atomic E-state index is 2.71. The van der Waals surface area contributed by atoms with Crippen LogP contribution in [0.1, 0.15) is 160 Å². The molecule has 76 heavy (non-hydrogen) atoms. The number of hydrogen-bond acceptors (Lipinski definition) is 3. The van der Waals surface area contributed by atoms with E-state index in [0.29, 0.717) is 0 Å². The Morgan fingerprint density at radius 1 is 0.421 bits per heavy atom. The van der Waals surface area contributed by atoms with Crippen LogP contribution in [0.3, 0.4) is 0 Å². The van der Waals surface area contributed by atoms with Gasteiger partial charge in [0.25, 0.3) is 6.71 Å². The molecule has 3 nitrogen and oxygen atoms in total. The molecule has 0 unspecified atom stereocenters. The normalized spacial score (nSPS) is 18.4. The molecule has 0 atom stereocenters. The molecule has 13 rings (SSSR count). The highest BCUT2D eigenvalue weighted by Gasteiger charge is 2.49. The highest BCUT2D eigenvalue weighted by Crippen LogP contribution is 2.58. The number of nitrogens with zero attached hydrogens (tertiary/aromatic N) is 3. The molecule has 0 saturated carbocycles. The van der Waals surface area contributed by atoms with Gasteiger partial charge in [-0.2, -0.15) is 0 Å². The molecular formula is C72H76BN3. The quantitative estimate of drug-likeness (QED) is 0.159. The van der Waals surface area contributed by atoms with Crippen molar-refractivity contribution in [2.24, 2.45) is 0 Å². The van der Waals surface area contributed by atoms with Gasteiger partial charge in [0, 0.05) is 56.5 Å². The van der Waals surface area contributed by atoms with E-state index >= 15 is 0 Å². The van der Waals surface area contributed by atoms with E-state index in [1.54, 1.807) is 0 Å². The fourth-order valence-electron chi connectivity index (χ4n) is 14.6. The molecule has 2 heterocycles. The third-order valence-electron chi connectivity index (χ3n) is 19.3. The van der Waals surface area contributed by atoms with Crippen LogP contribution < -0.4 is 31.1 Å². The Morgan fingerprint density at radius 2 is 0.987 bits per heavy atom. The first kappa shape index (κ1) is 48.8. The van der Waals surface area contributed by atoms with E-state index in [2.05, 4.69) is 269 Å². The first-order valence-electron chi connectivity index (χ1n) is 28.4. The molecule has 0 saturated heterocycles. The van der Waals surface area contributed by atoms with Crippen molar-refractivity contribution in [3.63, 3.8) is 0 Å². The molecule has 2 aliphatic heterocycles. The summed E-state index contributed by atoms with van der Waals surface area (Å²) in [5.41, 5.74) is 29.2. The predicted molar refractivity (Wildman–Crippen MR) is 327 cm³/mol. The lowest BCUT2D eigenvalue weighted by molar-refractivity contribution is 0.332. The number of para-hydroxylation sites is 2. The van der Waals surface area contributed by atoms with Crippen molar-refractivity contribution in [1.29, 1.82) is 0 Å². The zero-order valence-corrected chi connectivity index (χ0v) is 47.8. The van der Waals surface area contributed by atoms with Crippen LogP contribution in [0.2, 0.25) is 0 Å².